The predicted molar refractivity (Wildman–Crippen MR) is 41.1 cm³/mol. The Morgan fingerprint density at radius 3 is 1.80 bits per heavy atom. The van der Waals surface area contributed by atoms with E-state index >= 15 is 0 Å². The summed E-state index contributed by atoms with van der Waals surface area (Å²) in [6.45, 7) is 2.84. The lowest BCUT2D eigenvalue weighted by molar-refractivity contribution is -0.873. The molecule has 0 saturated carbocycles. The van der Waals surface area contributed by atoms with Crippen molar-refractivity contribution in [3.63, 3.8) is 0 Å². The Morgan fingerprint density at radius 2 is 1.70 bits per heavy atom. The third-order valence-corrected chi connectivity index (χ3v) is 1.23. The van der Waals surface area contributed by atoms with Gasteiger partial charge in [-0.2, -0.15) is 0 Å². The van der Waals surface area contributed by atoms with Crippen molar-refractivity contribution < 1.29 is 15.1 Å². The molecule has 1 unspecified atom stereocenters. The minimum atomic E-state index is -0.134. The van der Waals surface area contributed by atoms with Crippen molar-refractivity contribution in [3.8, 4) is 0 Å². The number of rotatable bonds is 3. The van der Waals surface area contributed by atoms with E-state index in [2.05, 4.69) is 21.1 Å². The van der Waals surface area contributed by atoms with Crippen LogP contribution < -0.4 is 0 Å². The first-order valence-corrected chi connectivity index (χ1v) is 3.44. The van der Waals surface area contributed by atoms with Crippen molar-refractivity contribution in [1.82, 2.24) is 0 Å². The van der Waals surface area contributed by atoms with E-state index < -0.39 is 0 Å². The highest BCUT2D eigenvalue weighted by Crippen LogP contribution is 1.97. The highest BCUT2D eigenvalue weighted by atomic mass is 16.3. The van der Waals surface area contributed by atoms with Crippen LogP contribution in [0.1, 0.15) is 13.3 Å². The Kier molecular flexibility index (Phi) is 5.84. The molecule has 0 aromatic heterocycles. The van der Waals surface area contributed by atoms with Crippen LogP contribution in [0.4, 0.5) is 0 Å². The molecular weight excluding hydrogens is 130 g/mol. The van der Waals surface area contributed by atoms with Gasteiger partial charge in [-0.15, -0.1) is 0 Å². The van der Waals surface area contributed by atoms with Gasteiger partial charge in [-0.25, -0.2) is 0 Å². The van der Waals surface area contributed by atoms with Crippen LogP contribution in [-0.2, 0) is 0 Å². The first kappa shape index (κ1) is 12.5. The summed E-state index contributed by atoms with van der Waals surface area (Å²) in [5, 5.41) is 9.18. The highest BCUT2D eigenvalue weighted by molar-refractivity contribution is 4.47. The third kappa shape index (κ3) is 7.88. The molecule has 10 heavy (non-hydrogen) atoms. The molecule has 0 aliphatic heterocycles. The van der Waals surface area contributed by atoms with Crippen LogP contribution >= 0.6 is 0 Å². The number of hydrogen-bond acceptors (Lipinski definition) is 2. The van der Waals surface area contributed by atoms with Crippen molar-refractivity contribution in [2.75, 3.05) is 27.7 Å². The summed E-state index contributed by atoms with van der Waals surface area (Å²) >= 11 is 0. The molecule has 0 rings (SSSR count). The van der Waals surface area contributed by atoms with Gasteiger partial charge in [0.05, 0.1) is 21.1 Å². The zero-order valence-electron chi connectivity index (χ0n) is 7.33. The topological polar surface area (TPSA) is 50.2 Å². The van der Waals surface area contributed by atoms with E-state index in [1.165, 1.54) is 0 Å². The molecule has 3 heteroatoms. The van der Waals surface area contributed by atoms with Crippen LogP contribution in [0.25, 0.3) is 0 Å². The molecule has 0 aromatic carbocycles. The monoisotopic (exact) mass is 149 g/mol. The summed E-state index contributed by atoms with van der Waals surface area (Å²) in [5.41, 5.74) is 0. The van der Waals surface area contributed by atoms with Gasteiger partial charge in [0.15, 0.2) is 0 Å². The number of likely N-dealkylation sites (N-methyl/N-ethyl adjacent to an activating group) is 1. The number of hydrogen-bond donors (Lipinski definition) is 1. The molecule has 0 amide bonds. The summed E-state index contributed by atoms with van der Waals surface area (Å²) in [4.78, 5) is 0. The maximum atomic E-state index is 9.18. The maximum Gasteiger partial charge on any atom is 0.104 e. The minimum absolute atomic E-state index is 0. The van der Waals surface area contributed by atoms with E-state index in [0.717, 1.165) is 17.4 Å². The second kappa shape index (κ2) is 4.66. The predicted octanol–water partition coefficient (Wildman–Crippen LogP) is 0.287. The standard InChI is InChI=1S/C7H18NO.H2O/c1-5-7(9)6-8(2,3)4;/h7,9H,5-6H2,1-4H3;1H2/q+1;/p-1. The maximum absolute atomic E-state index is 9.18. The molecule has 0 bridgehead atoms. The van der Waals surface area contributed by atoms with Gasteiger partial charge < -0.3 is 15.1 Å². The molecule has 64 valence electrons. The Morgan fingerprint density at radius 1 is 1.30 bits per heavy atom. The average Bonchev–Trinajstić information content (AvgIpc) is 1.62. The SMILES string of the molecule is CCC(O)C[N+](C)(C)C.[OH-]. The van der Waals surface area contributed by atoms with Crippen molar-refractivity contribution in [1.29, 1.82) is 0 Å². The molecule has 0 spiro atoms. The quantitative estimate of drug-likeness (QED) is 0.586. The van der Waals surface area contributed by atoms with Gasteiger partial charge >= 0.3 is 0 Å². The van der Waals surface area contributed by atoms with Crippen molar-refractivity contribution in [2.45, 2.75) is 19.4 Å². The molecule has 0 fully saturated rings. The lowest BCUT2D eigenvalue weighted by Crippen LogP contribution is -2.41. The Labute approximate surface area is 63.2 Å². The minimum Gasteiger partial charge on any atom is -0.870 e. The number of aliphatic hydroxyl groups excluding tert-OH is 1. The van der Waals surface area contributed by atoms with Crippen molar-refractivity contribution in [2.24, 2.45) is 0 Å². The van der Waals surface area contributed by atoms with Gasteiger partial charge in [0.2, 0.25) is 0 Å². The first-order valence-electron chi connectivity index (χ1n) is 3.44. The van der Waals surface area contributed by atoms with Crippen LogP contribution in [0.3, 0.4) is 0 Å². The molecule has 0 aliphatic rings. The van der Waals surface area contributed by atoms with Crippen LogP contribution in [-0.4, -0.2) is 48.9 Å². The van der Waals surface area contributed by atoms with Crippen LogP contribution in [0.5, 0.6) is 0 Å². The molecule has 2 N–H and O–H groups in total. The van der Waals surface area contributed by atoms with Crippen LogP contribution in [0, 0.1) is 0 Å². The summed E-state index contributed by atoms with van der Waals surface area (Å²) in [5.74, 6) is 0. The van der Waals surface area contributed by atoms with Crippen LogP contribution in [0.2, 0.25) is 0 Å². The fourth-order valence-electron chi connectivity index (χ4n) is 0.761. The lowest BCUT2D eigenvalue weighted by atomic mass is 10.2. The Bertz CT molecular complexity index is 78.2. The van der Waals surface area contributed by atoms with Gasteiger partial charge in [0, 0.05) is 0 Å². The summed E-state index contributed by atoms with van der Waals surface area (Å²) in [6, 6.07) is 0. The Hall–Kier alpha value is -0.120. The molecule has 0 radical (unpaired) electrons. The van der Waals surface area contributed by atoms with E-state index in [1.807, 2.05) is 6.92 Å². The van der Waals surface area contributed by atoms with E-state index in [9.17, 15) is 5.11 Å². The van der Waals surface area contributed by atoms with Gasteiger partial charge in [-0.05, 0) is 6.42 Å². The molecule has 0 aliphatic carbocycles. The molecule has 0 aromatic rings. The number of aliphatic hydroxyl groups is 1. The van der Waals surface area contributed by atoms with Gasteiger partial charge in [0.1, 0.15) is 12.6 Å². The zero-order chi connectivity index (χ0) is 7.49. The van der Waals surface area contributed by atoms with E-state index in [-0.39, 0.29) is 11.6 Å². The van der Waals surface area contributed by atoms with E-state index in [4.69, 9.17) is 0 Å². The van der Waals surface area contributed by atoms with E-state index in [0.29, 0.717) is 0 Å². The van der Waals surface area contributed by atoms with Gasteiger partial charge in [-0.1, -0.05) is 6.92 Å². The second-order valence-corrected chi connectivity index (χ2v) is 3.53. The van der Waals surface area contributed by atoms with Crippen LogP contribution in [0.15, 0.2) is 0 Å². The molecule has 1 atom stereocenters. The molecule has 3 nitrogen and oxygen atoms in total. The third-order valence-electron chi connectivity index (χ3n) is 1.23. The summed E-state index contributed by atoms with van der Waals surface area (Å²) < 4.78 is 0.842. The van der Waals surface area contributed by atoms with Crippen molar-refractivity contribution in [3.05, 3.63) is 0 Å². The normalized spacial score (nSPS) is 14.1. The second-order valence-electron chi connectivity index (χ2n) is 3.53. The van der Waals surface area contributed by atoms with Gasteiger partial charge in [0.25, 0.3) is 0 Å². The fraction of sp³-hybridized carbons (Fsp3) is 1.00. The Balaban J connectivity index is 0. The van der Waals surface area contributed by atoms with Crippen molar-refractivity contribution >= 4 is 0 Å². The number of quaternary nitrogens is 1. The first-order chi connectivity index (χ1) is 3.95. The highest BCUT2D eigenvalue weighted by Gasteiger charge is 2.12. The lowest BCUT2D eigenvalue weighted by Gasteiger charge is -2.26. The molecule has 0 heterocycles. The zero-order valence-corrected chi connectivity index (χ0v) is 7.33. The average molecular weight is 149 g/mol. The smallest absolute Gasteiger partial charge is 0.104 e. The molecule has 0 saturated heterocycles. The van der Waals surface area contributed by atoms with E-state index in [1.54, 1.807) is 0 Å². The van der Waals surface area contributed by atoms with Gasteiger partial charge in [-0.3, -0.25) is 0 Å². The molecular formula is C7H19NO2. The fourth-order valence-corrected chi connectivity index (χ4v) is 0.761. The largest absolute Gasteiger partial charge is 0.870 e. The summed E-state index contributed by atoms with van der Waals surface area (Å²) in [7, 11) is 6.25. The summed E-state index contributed by atoms with van der Waals surface area (Å²) in [6.07, 6.45) is 0.722. The number of nitrogens with zero attached hydrogens (tertiary/aromatic N) is 1.